The van der Waals surface area contributed by atoms with Crippen LogP contribution in [-0.2, 0) is 50.4 Å². The molecule has 12 nitrogen and oxygen atoms in total. The maximum absolute atomic E-state index is 12.8. The smallest absolute Gasteiger partial charge is 0.461 e. The number of unbranched alkanes of at least 4 members (excludes halogenated alkanes) is 2. The Morgan fingerprint density at radius 1 is 0.875 bits per heavy atom. The number of carbonyl (C=O) groups excluding carboxylic acids is 1. The van der Waals surface area contributed by atoms with E-state index in [1.807, 2.05) is 65.6 Å². The fraction of sp³-hybridized carbons (Fsp3) is 0.474. The number of sulfonamides is 3. The number of para-hydroxylation sites is 2. The van der Waals surface area contributed by atoms with Gasteiger partial charge in [0, 0.05) is 59.6 Å². The van der Waals surface area contributed by atoms with Crippen molar-refractivity contribution in [3.05, 3.63) is 95.7 Å². The Hall–Kier alpha value is -3.84. The number of nitrogens with one attached hydrogen (secondary N) is 2. The van der Waals surface area contributed by atoms with E-state index in [-0.39, 0.29) is 37.3 Å². The van der Waals surface area contributed by atoms with Gasteiger partial charge in [0.25, 0.3) is 0 Å². The second-order valence-electron chi connectivity index (χ2n) is 14.8. The molecule has 2 aliphatic rings. The summed E-state index contributed by atoms with van der Waals surface area (Å²) >= 11 is 0. The number of halogens is 3. The fourth-order valence-electron chi connectivity index (χ4n) is 6.91. The van der Waals surface area contributed by atoms with Crippen molar-refractivity contribution < 1.29 is 52.5 Å². The zero-order valence-electron chi connectivity index (χ0n) is 32.1. The van der Waals surface area contributed by atoms with E-state index in [0.717, 1.165) is 38.0 Å². The van der Waals surface area contributed by atoms with Crippen LogP contribution in [0.5, 0.6) is 0 Å². The number of carbonyl (C=O) groups is 1. The van der Waals surface area contributed by atoms with Gasteiger partial charge >= 0.3 is 21.5 Å². The second kappa shape index (κ2) is 17.3. The van der Waals surface area contributed by atoms with Crippen molar-refractivity contribution in [2.75, 3.05) is 42.6 Å². The highest BCUT2D eigenvalue weighted by Gasteiger charge is 2.48. The summed E-state index contributed by atoms with van der Waals surface area (Å²) < 4.78 is 121. The Balaban J connectivity index is 1.51. The van der Waals surface area contributed by atoms with Crippen LogP contribution in [-0.4, -0.2) is 84.8 Å². The molecule has 0 radical (unpaired) electrons. The number of rotatable bonds is 19. The molecule has 2 aliphatic heterocycles. The van der Waals surface area contributed by atoms with Crippen LogP contribution in [0.3, 0.4) is 0 Å². The van der Waals surface area contributed by atoms with Crippen LogP contribution in [0, 0.1) is 0 Å². The highest BCUT2D eigenvalue weighted by atomic mass is 32.3. The van der Waals surface area contributed by atoms with Gasteiger partial charge in [-0.25, -0.2) is 34.8 Å². The lowest BCUT2D eigenvalue weighted by Gasteiger charge is -2.27. The number of esters is 1. The molecule has 2 aromatic carbocycles. The first-order valence-corrected chi connectivity index (χ1v) is 22.8. The second-order valence-corrected chi connectivity index (χ2v) is 20.5. The van der Waals surface area contributed by atoms with Crippen molar-refractivity contribution in [3.8, 4) is 0 Å². The standard InChI is InChI=1S/C38H50F3N4O8S3/c1-28(2)35(46)53-25-22-42-54(47,48)26-13-11-23-44-31-18-9-7-16-29(31)36(3,4)33(44)20-15-21-34-37(5,6)30-17-8-10-19-32(30)45(34)24-12-14-27-55(49,50)43-56(51,52)38(39,40)41/h7-10,15-21,42-43H,1,11-14,22-27H2,2-6H3/q+1. The first kappa shape index (κ1) is 44.9. The van der Waals surface area contributed by atoms with E-state index < -0.39 is 58.1 Å². The molecule has 2 aromatic rings. The number of anilines is 1. The van der Waals surface area contributed by atoms with Crippen LogP contribution in [0.25, 0.3) is 0 Å². The van der Waals surface area contributed by atoms with E-state index >= 15 is 0 Å². The van der Waals surface area contributed by atoms with Gasteiger partial charge in [-0.05, 0) is 57.7 Å². The molecule has 4 rings (SSSR count). The van der Waals surface area contributed by atoms with Crippen molar-refractivity contribution >= 4 is 53.1 Å². The minimum Gasteiger partial charge on any atom is -0.461 e. The monoisotopic (exact) mass is 843 g/mol. The molecule has 0 aliphatic carbocycles. The van der Waals surface area contributed by atoms with Gasteiger partial charge in [-0.2, -0.15) is 17.7 Å². The van der Waals surface area contributed by atoms with Crippen LogP contribution in [0.4, 0.5) is 24.5 Å². The maximum atomic E-state index is 12.8. The number of benzene rings is 2. The summed E-state index contributed by atoms with van der Waals surface area (Å²) in [6.45, 7) is 14.1. The Kier molecular flexibility index (Phi) is 13.9. The largest absolute Gasteiger partial charge is 0.512 e. The number of allylic oxidation sites excluding steroid dienone is 4. The molecule has 0 spiro atoms. The Morgan fingerprint density at radius 3 is 2.14 bits per heavy atom. The van der Waals surface area contributed by atoms with Crippen LogP contribution < -0.4 is 13.7 Å². The molecule has 2 heterocycles. The Bertz CT molecular complexity index is 2250. The van der Waals surface area contributed by atoms with Gasteiger partial charge in [0.15, 0.2) is 5.71 Å². The lowest BCUT2D eigenvalue weighted by atomic mass is 9.81. The summed E-state index contributed by atoms with van der Waals surface area (Å²) in [5, 5.41) is 0. The number of ether oxygens (including phenoxy) is 1. The van der Waals surface area contributed by atoms with Crippen LogP contribution >= 0.6 is 0 Å². The zero-order valence-corrected chi connectivity index (χ0v) is 34.6. The molecule has 2 N–H and O–H groups in total. The van der Waals surface area contributed by atoms with Crippen LogP contribution in [0.1, 0.15) is 71.4 Å². The van der Waals surface area contributed by atoms with Crippen molar-refractivity contribution in [3.63, 3.8) is 0 Å². The van der Waals surface area contributed by atoms with E-state index in [1.165, 1.54) is 6.92 Å². The third kappa shape index (κ3) is 10.6. The number of hydrogen-bond acceptors (Lipinski definition) is 9. The molecule has 18 heteroatoms. The van der Waals surface area contributed by atoms with Crippen molar-refractivity contribution in [1.29, 1.82) is 0 Å². The third-order valence-corrected chi connectivity index (χ3v) is 14.5. The zero-order chi connectivity index (χ0) is 41.7. The summed E-state index contributed by atoms with van der Waals surface area (Å²) in [7, 11) is -14.4. The summed E-state index contributed by atoms with van der Waals surface area (Å²) in [6.07, 6.45) is 7.08. The van der Waals surface area contributed by atoms with Crippen molar-refractivity contribution in [2.45, 2.75) is 76.6 Å². The van der Waals surface area contributed by atoms with Gasteiger partial charge in [0.2, 0.25) is 25.7 Å². The molecule has 0 amide bonds. The van der Waals surface area contributed by atoms with E-state index in [2.05, 4.69) is 49.6 Å². The molecule has 0 aromatic heterocycles. The normalized spacial score (nSPS) is 17.4. The van der Waals surface area contributed by atoms with Crippen molar-refractivity contribution in [1.82, 2.24) is 8.85 Å². The number of fused-ring (bicyclic) bond motifs is 2. The molecule has 0 saturated carbocycles. The predicted molar refractivity (Wildman–Crippen MR) is 211 cm³/mol. The van der Waals surface area contributed by atoms with Gasteiger partial charge in [0.05, 0.1) is 16.9 Å². The molecule has 0 unspecified atom stereocenters. The average molecular weight is 844 g/mol. The first-order valence-electron chi connectivity index (χ1n) is 18.0. The number of hydrogen-bond donors (Lipinski definition) is 2. The summed E-state index contributed by atoms with van der Waals surface area (Å²) in [4.78, 5) is 13.6. The molecule has 0 saturated heterocycles. The number of alkyl halides is 3. The van der Waals surface area contributed by atoms with Crippen LogP contribution in [0.15, 0.2) is 84.6 Å². The topological polar surface area (TPSA) is 159 Å². The summed E-state index contributed by atoms with van der Waals surface area (Å²) in [6, 6.07) is 15.8. The van der Waals surface area contributed by atoms with Gasteiger partial charge < -0.3 is 9.64 Å². The van der Waals surface area contributed by atoms with E-state index in [4.69, 9.17) is 4.74 Å². The lowest BCUT2D eigenvalue weighted by Crippen LogP contribution is -2.41. The Labute approximate surface area is 328 Å². The predicted octanol–water partition coefficient (Wildman–Crippen LogP) is 5.67. The highest BCUT2D eigenvalue weighted by Crippen LogP contribution is 2.48. The summed E-state index contributed by atoms with van der Waals surface area (Å²) in [5.74, 6) is -1.49. The quantitative estimate of drug-likeness (QED) is 0.0787. The number of nitrogens with zero attached hydrogens (tertiary/aromatic N) is 2. The first-order chi connectivity index (χ1) is 25.9. The van der Waals surface area contributed by atoms with Gasteiger partial charge in [-0.3, -0.25) is 0 Å². The van der Waals surface area contributed by atoms with Crippen molar-refractivity contribution in [2.24, 2.45) is 0 Å². The maximum Gasteiger partial charge on any atom is 0.512 e. The summed E-state index contributed by atoms with van der Waals surface area (Å²) in [5.41, 5.74) is -0.411. The van der Waals surface area contributed by atoms with Gasteiger partial charge in [0.1, 0.15) is 13.2 Å². The minimum atomic E-state index is -6.05. The highest BCUT2D eigenvalue weighted by molar-refractivity contribution is 8.05. The molecule has 0 bridgehead atoms. The van der Waals surface area contributed by atoms with Gasteiger partial charge in [-0.1, -0.05) is 62.9 Å². The van der Waals surface area contributed by atoms with E-state index in [1.54, 1.807) is 0 Å². The average Bonchev–Trinajstić information content (AvgIpc) is 3.44. The van der Waals surface area contributed by atoms with Crippen LogP contribution in [0.2, 0.25) is 0 Å². The molecule has 0 fully saturated rings. The molecular formula is C38H50F3N4O8S3+. The van der Waals surface area contributed by atoms with E-state index in [9.17, 15) is 43.2 Å². The lowest BCUT2D eigenvalue weighted by molar-refractivity contribution is -0.438. The Morgan fingerprint density at radius 2 is 1.48 bits per heavy atom. The minimum absolute atomic E-state index is 0.0379. The molecule has 56 heavy (non-hydrogen) atoms. The molecular weight excluding hydrogens is 794 g/mol. The fourth-order valence-corrected chi connectivity index (χ4v) is 10.7. The molecule has 308 valence electrons. The van der Waals surface area contributed by atoms with E-state index in [0.29, 0.717) is 25.9 Å². The third-order valence-electron chi connectivity index (χ3n) is 9.74. The SMILES string of the molecule is C=C(C)C(=O)OCCNS(=O)(=O)CCCC[N+]1=C(C=CC=C2N(CCCCS(=O)(=O)NS(=O)(=O)C(F)(F)F)c3ccccc3C2(C)C)C(C)(C)c2ccccc21. The van der Waals surface area contributed by atoms with Gasteiger partial charge in [-0.15, -0.1) is 4.13 Å². The molecule has 0 atom stereocenters.